The number of benzene rings is 2. The summed E-state index contributed by atoms with van der Waals surface area (Å²) in [7, 11) is 0. The van der Waals surface area contributed by atoms with Crippen LogP contribution in [0, 0.1) is 0 Å². The maximum absolute atomic E-state index is 13.3. The van der Waals surface area contributed by atoms with Crippen LogP contribution in [0.2, 0.25) is 0 Å². The van der Waals surface area contributed by atoms with Crippen molar-refractivity contribution in [2.75, 3.05) is 25.6 Å². The van der Waals surface area contributed by atoms with Gasteiger partial charge in [-0.1, -0.05) is 48.2 Å². The van der Waals surface area contributed by atoms with E-state index in [1.165, 1.54) is 11.8 Å². The molecule has 2 aliphatic heterocycles. The molecule has 7 nitrogen and oxygen atoms in total. The average molecular weight is 467 g/mol. The van der Waals surface area contributed by atoms with Crippen molar-refractivity contribution in [1.29, 1.82) is 0 Å². The van der Waals surface area contributed by atoms with Crippen LogP contribution in [0.1, 0.15) is 37.9 Å². The van der Waals surface area contributed by atoms with Crippen molar-refractivity contribution in [2.24, 2.45) is 4.99 Å². The van der Waals surface area contributed by atoms with Crippen LogP contribution in [-0.4, -0.2) is 47.5 Å². The molecular weight excluding hydrogens is 440 g/mol. The third kappa shape index (κ3) is 4.48. The van der Waals surface area contributed by atoms with Gasteiger partial charge in [-0.15, -0.1) is 0 Å². The zero-order valence-corrected chi connectivity index (χ0v) is 19.7. The number of carbonyl (C=O) groups is 2. The highest BCUT2D eigenvalue weighted by atomic mass is 32.2. The van der Waals surface area contributed by atoms with Crippen LogP contribution in [-0.2, 0) is 14.3 Å². The Balaban J connectivity index is 1.94. The van der Waals surface area contributed by atoms with Crippen LogP contribution in [0.25, 0.3) is 5.70 Å². The Hall–Kier alpha value is -3.26. The van der Waals surface area contributed by atoms with Gasteiger partial charge in [0.05, 0.1) is 42.9 Å². The van der Waals surface area contributed by atoms with E-state index in [9.17, 15) is 9.59 Å². The minimum atomic E-state index is -0.691. The van der Waals surface area contributed by atoms with E-state index < -0.39 is 12.0 Å². The standard InChI is InChI=1S/C25H26N2O5S/c1-4-30-18-13-12-17(14-19(18)31-5-2)23-21(24(29)32-6-3)22(16-10-8-7-9-11-16)26-25-27(23)20(28)15-33-25/h7-14,23H,4-6,15H2,1-3H3/t23-/m0/s1. The molecule has 0 aliphatic carbocycles. The van der Waals surface area contributed by atoms with Gasteiger partial charge in [-0.05, 0) is 38.5 Å². The van der Waals surface area contributed by atoms with Gasteiger partial charge in [0.1, 0.15) is 0 Å². The monoisotopic (exact) mass is 466 g/mol. The molecule has 4 rings (SSSR count). The van der Waals surface area contributed by atoms with Crippen molar-refractivity contribution in [3.63, 3.8) is 0 Å². The number of amides is 1. The Morgan fingerprint density at radius 3 is 2.45 bits per heavy atom. The van der Waals surface area contributed by atoms with Crippen molar-refractivity contribution < 1.29 is 23.8 Å². The van der Waals surface area contributed by atoms with Crippen molar-refractivity contribution in [3.8, 4) is 11.5 Å². The highest BCUT2D eigenvalue weighted by Gasteiger charge is 2.44. The van der Waals surface area contributed by atoms with E-state index in [0.717, 1.165) is 11.1 Å². The largest absolute Gasteiger partial charge is 0.490 e. The van der Waals surface area contributed by atoms with Crippen LogP contribution >= 0.6 is 11.8 Å². The quantitative estimate of drug-likeness (QED) is 0.535. The van der Waals surface area contributed by atoms with E-state index in [1.807, 2.05) is 62.4 Å². The van der Waals surface area contributed by atoms with Gasteiger partial charge in [-0.25, -0.2) is 9.79 Å². The Morgan fingerprint density at radius 1 is 1.03 bits per heavy atom. The summed E-state index contributed by atoms with van der Waals surface area (Å²) in [4.78, 5) is 32.6. The Kier molecular flexibility index (Phi) is 7.03. The summed E-state index contributed by atoms with van der Waals surface area (Å²) in [6.45, 7) is 6.72. The van der Waals surface area contributed by atoms with E-state index >= 15 is 0 Å². The van der Waals surface area contributed by atoms with Gasteiger partial charge < -0.3 is 14.2 Å². The number of rotatable bonds is 8. The van der Waals surface area contributed by atoms with Crippen molar-refractivity contribution in [3.05, 3.63) is 65.2 Å². The predicted molar refractivity (Wildman–Crippen MR) is 128 cm³/mol. The van der Waals surface area contributed by atoms with Gasteiger partial charge in [0.15, 0.2) is 16.7 Å². The van der Waals surface area contributed by atoms with Gasteiger partial charge in [-0.2, -0.15) is 0 Å². The molecule has 2 aromatic carbocycles. The fourth-order valence-electron chi connectivity index (χ4n) is 3.91. The number of hydrogen-bond donors (Lipinski definition) is 0. The van der Waals surface area contributed by atoms with Crippen molar-refractivity contribution >= 4 is 34.5 Å². The third-order valence-corrected chi connectivity index (χ3v) is 6.16. The molecule has 2 heterocycles. The molecule has 1 fully saturated rings. The molecule has 0 spiro atoms. The number of fused-ring (bicyclic) bond motifs is 1. The molecule has 0 N–H and O–H groups in total. The van der Waals surface area contributed by atoms with E-state index in [0.29, 0.717) is 41.2 Å². The Morgan fingerprint density at radius 2 is 1.76 bits per heavy atom. The summed E-state index contributed by atoms with van der Waals surface area (Å²) in [5, 5.41) is 0.573. The maximum Gasteiger partial charge on any atom is 0.338 e. The summed E-state index contributed by atoms with van der Waals surface area (Å²) in [5.41, 5.74) is 2.35. The van der Waals surface area contributed by atoms with Crippen LogP contribution in [0.3, 0.4) is 0 Å². The molecule has 33 heavy (non-hydrogen) atoms. The normalized spacial score (nSPS) is 17.5. The first kappa shape index (κ1) is 22.9. The van der Waals surface area contributed by atoms with Crippen LogP contribution in [0.5, 0.6) is 11.5 Å². The summed E-state index contributed by atoms with van der Waals surface area (Å²) in [6, 6.07) is 14.3. The number of thioether (sulfide) groups is 1. The summed E-state index contributed by atoms with van der Waals surface area (Å²) >= 11 is 1.37. The molecule has 1 amide bonds. The number of nitrogens with zero attached hydrogens (tertiary/aromatic N) is 2. The fourth-order valence-corrected chi connectivity index (χ4v) is 4.81. The minimum Gasteiger partial charge on any atom is -0.490 e. The molecule has 0 unspecified atom stereocenters. The lowest BCUT2D eigenvalue weighted by atomic mass is 9.91. The first-order valence-electron chi connectivity index (χ1n) is 11.0. The number of hydrogen-bond acceptors (Lipinski definition) is 7. The second kappa shape index (κ2) is 10.1. The van der Waals surface area contributed by atoms with Crippen LogP contribution < -0.4 is 9.47 Å². The maximum atomic E-state index is 13.3. The van der Waals surface area contributed by atoms with E-state index in [2.05, 4.69) is 0 Å². The van der Waals surface area contributed by atoms with Gasteiger partial charge >= 0.3 is 5.97 Å². The van der Waals surface area contributed by atoms with Crippen LogP contribution in [0.15, 0.2) is 59.1 Å². The number of amidine groups is 1. The lowest BCUT2D eigenvalue weighted by Crippen LogP contribution is -2.39. The highest BCUT2D eigenvalue weighted by Crippen LogP contribution is 2.45. The van der Waals surface area contributed by atoms with Gasteiger partial charge in [0, 0.05) is 5.56 Å². The lowest BCUT2D eigenvalue weighted by molar-refractivity contribution is -0.139. The van der Waals surface area contributed by atoms with E-state index in [1.54, 1.807) is 11.8 Å². The smallest absolute Gasteiger partial charge is 0.338 e. The number of ether oxygens (including phenoxy) is 3. The zero-order chi connectivity index (χ0) is 23.4. The Bertz CT molecular complexity index is 1110. The molecule has 0 saturated carbocycles. The van der Waals surface area contributed by atoms with Gasteiger partial charge in [0.2, 0.25) is 5.91 Å². The number of aliphatic imine (C=N–C) groups is 1. The summed E-state index contributed by atoms with van der Waals surface area (Å²) in [6.07, 6.45) is 0. The van der Waals surface area contributed by atoms with Crippen LogP contribution in [0.4, 0.5) is 0 Å². The predicted octanol–water partition coefficient (Wildman–Crippen LogP) is 4.44. The molecule has 172 valence electrons. The molecule has 0 bridgehead atoms. The molecule has 1 atom stereocenters. The second-order valence-corrected chi connectivity index (χ2v) is 8.21. The zero-order valence-electron chi connectivity index (χ0n) is 18.9. The van der Waals surface area contributed by atoms with Gasteiger partial charge in [-0.3, -0.25) is 9.69 Å². The molecule has 8 heteroatoms. The molecule has 0 aromatic heterocycles. The number of carbonyl (C=O) groups excluding carboxylic acids is 2. The summed E-state index contributed by atoms with van der Waals surface area (Å²) in [5.74, 6) is 0.831. The minimum absolute atomic E-state index is 0.107. The van der Waals surface area contributed by atoms with Gasteiger partial charge in [0.25, 0.3) is 0 Å². The average Bonchev–Trinajstić information content (AvgIpc) is 3.20. The van der Waals surface area contributed by atoms with Crippen molar-refractivity contribution in [2.45, 2.75) is 26.8 Å². The SMILES string of the molecule is CCOC(=O)C1=C(c2ccccc2)N=C2SCC(=O)N2[C@H]1c1ccc(OCC)c(OCC)c1. The molecule has 1 saturated heterocycles. The Labute approximate surface area is 197 Å². The topological polar surface area (TPSA) is 77.4 Å². The second-order valence-electron chi connectivity index (χ2n) is 7.27. The van der Waals surface area contributed by atoms with E-state index in [-0.39, 0.29) is 18.3 Å². The first-order valence-corrected chi connectivity index (χ1v) is 12.0. The fraction of sp³-hybridized carbons (Fsp3) is 0.320. The summed E-state index contributed by atoms with van der Waals surface area (Å²) < 4.78 is 17.0. The highest BCUT2D eigenvalue weighted by molar-refractivity contribution is 8.15. The molecular formula is C25H26N2O5S. The van der Waals surface area contributed by atoms with E-state index in [4.69, 9.17) is 19.2 Å². The molecule has 0 radical (unpaired) electrons. The first-order chi connectivity index (χ1) is 16.1. The molecule has 2 aliphatic rings. The molecule has 2 aromatic rings. The third-order valence-electron chi connectivity index (χ3n) is 5.22. The lowest BCUT2D eigenvalue weighted by Gasteiger charge is -2.33. The van der Waals surface area contributed by atoms with Crippen molar-refractivity contribution in [1.82, 2.24) is 4.90 Å². The number of esters is 1.